The van der Waals surface area contributed by atoms with Crippen LogP contribution in [-0.4, -0.2) is 27.2 Å². The number of anilines is 1. The van der Waals surface area contributed by atoms with Crippen LogP contribution in [0.25, 0.3) is 0 Å². The molecule has 2 rings (SSSR count). The number of carbonyl (C=O) groups is 1. The third-order valence-electron chi connectivity index (χ3n) is 3.38. The summed E-state index contributed by atoms with van der Waals surface area (Å²) in [5, 5.41) is 7.01. The predicted molar refractivity (Wildman–Crippen MR) is 101 cm³/mol. The Labute approximate surface area is 156 Å². The van der Waals surface area contributed by atoms with Gasteiger partial charge in [0.1, 0.15) is 6.33 Å². The summed E-state index contributed by atoms with van der Waals surface area (Å²) in [5.74, 6) is 0.310. The summed E-state index contributed by atoms with van der Waals surface area (Å²) in [5.41, 5.74) is 6.55. The van der Waals surface area contributed by atoms with Crippen molar-refractivity contribution >= 4 is 40.2 Å². The molecule has 24 heavy (non-hydrogen) atoms. The summed E-state index contributed by atoms with van der Waals surface area (Å²) in [4.78, 5) is 16.0. The first-order valence-electron chi connectivity index (χ1n) is 7.81. The molecule has 0 saturated carbocycles. The van der Waals surface area contributed by atoms with Crippen LogP contribution >= 0.6 is 28.3 Å². The van der Waals surface area contributed by atoms with Crippen LogP contribution in [0.5, 0.6) is 0 Å². The molecule has 0 atom stereocenters. The summed E-state index contributed by atoms with van der Waals surface area (Å²) >= 11 is 3.44. The van der Waals surface area contributed by atoms with Crippen LogP contribution in [0.2, 0.25) is 0 Å². The van der Waals surface area contributed by atoms with Crippen molar-refractivity contribution in [2.45, 2.75) is 38.6 Å². The van der Waals surface area contributed by atoms with Gasteiger partial charge in [-0.3, -0.25) is 10.1 Å². The van der Waals surface area contributed by atoms with E-state index in [1.165, 1.54) is 0 Å². The average Bonchev–Trinajstić information content (AvgIpc) is 2.94. The monoisotopic (exact) mass is 415 g/mol. The highest BCUT2D eigenvalue weighted by Crippen LogP contribution is 2.12. The van der Waals surface area contributed by atoms with Gasteiger partial charge in [-0.1, -0.05) is 40.9 Å². The van der Waals surface area contributed by atoms with Gasteiger partial charge in [-0.2, -0.15) is 0 Å². The largest absolute Gasteiger partial charge is 0.330 e. The van der Waals surface area contributed by atoms with Crippen molar-refractivity contribution in [3.05, 3.63) is 40.6 Å². The highest BCUT2D eigenvalue weighted by molar-refractivity contribution is 9.10. The molecule has 0 aliphatic rings. The van der Waals surface area contributed by atoms with E-state index in [1.54, 1.807) is 11.0 Å². The number of hydrogen-bond donors (Lipinski definition) is 2. The minimum atomic E-state index is -0.0436. The summed E-state index contributed by atoms with van der Waals surface area (Å²) in [6, 6.07) is 8.00. The molecular formula is C16H23BrClN5O. The van der Waals surface area contributed by atoms with Crippen LogP contribution in [0.1, 0.15) is 37.7 Å². The van der Waals surface area contributed by atoms with E-state index in [4.69, 9.17) is 5.73 Å². The van der Waals surface area contributed by atoms with Crippen LogP contribution in [-0.2, 0) is 11.3 Å². The number of halogens is 2. The fourth-order valence-electron chi connectivity index (χ4n) is 2.22. The van der Waals surface area contributed by atoms with Crippen molar-refractivity contribution in [3.63, 3.8) is 0 Å². The molecule has 0 saturated heterocycles. The maximum atomic E-state index is 11.8. The topological polar surface area (TPSA) is 85.8 Å². The molecule has 6 nitrogen and oxygen atoms in total. The maximum Gasteiger partial charge on any atom is 0.248 e. The Balaban J connectivity index is 0.00000288. The molecule has 8 heteroatoms. The van der Waals surface area contributed by atoms with Crippen molar-refractivity contribution in [2.75, 3.05) is 11.9 Å². The summed E-state index contributed by atoms with van der Waals surface area (Å²) in [6.07, 6.45) is 6.09. The Bertz CT molecular complexity index is 634. The van der Waals surface area contributed by atoms with Crippen molar-refractivity contribution in [1.29, 1.82) is 0 Å². The minimum Gasteiger partial charge on any atom is -0.330 e. The lowest BCUT2D eigenvalue weighted by Gasteiger charge is -2.02. The molecule has 0 unspecified atom stereocenters. The number of aromatic nitrogens is 3. The quantitative estimate of drug-likeness (QED) is 0.614. The summed E-state index contributed by atoms with van der Waals surface area (Å²) < 4.78 is 2.73. The van der Waals surface area contributed by atoms with Crippen LogP contribution in [0.4, 0.5) is 5.95 Å². The second kappa shape index (κ2) is 11.2. The Morgan fingerprint density at radius 2 is 2.04 bits per heavy atom. The fourth-order valence-corrected chi connectivity index (χ4v) is 2.67. The molecule has 132 valence electrons. The van der Waals surface area contributed by atoms with Crippen molar-refractivity contribution < 1.29 is 4.79 Å². The number of hydrogen-bond acceptors (Lipinski definition) is 4. The molecule has 1 aromatic heterocycles. The minimum absolute atomic E-state index is 0. The first-order chi connectivity index (χ1) is 11.2. The number of nitrogens with zero attached hydrogens (tertiary/aromatic N) is 3. The standard InChI is InChI=1S/C16H22BrN5O.ClH/c17-14-7-5-6-13(10-14)11-22-12-19-16(21-22)20-15(23)8-3-1-2-4-9-18;/h5-7,10,12H,1-4,8-9,11,18H2,(H,20,21,23);1H. The predicted octanol–water partition coefficient (Wildman–Crippen LogP) is 3.36. The van der Waals surface area contributed by atoms with E-state index in [-0.39, 0.29) is 18.3 Å². The number of benzene rings is 1. The van der Waals surface area contributed by atoms with Gasteiger partial charge in [0.2, 0.25) is 11.9 Å². The fraction of sp³-hybridized carbons (Fsp3) is 0.438. The van der Waals surface area contributed by atoms with Gasteiger partial charge < -0.3 is 5.73 Å². The van der Waals surface area contributed by atoms with E-state index in [1.807, 2.05) is 24.3 Å². The lowest BCUT2D eigenvalue weighted by molar-refractivity contribution is -0.116. The first-order valence-corrected chi connectivity index (χ1v) is 8.60. The lowest BCUT2D eigenvalue weighted by atomic mass is 10.1. The third-order valence-corrected chi connectivity index (χ3v) is 3.87. The zero-order chi connectivity index (χ0) is 16.5. The van der Waals surface area contributed by atoms with Gasteiger partial charge in [0.25, 0.3) is 0 Å². The van der Waals surface area contributed by atoms with Gasteiger partial charge in [0.05, 0.1) is 6.54 Å². The normalized spacial score (nSPS) is 10.2. The van der Waals surface area contributed by atoms with Crippen molar-refractivity contribution in [3.8, 4) is 0 Å². The lowest BCUT2D eigenvalue weighted by Crippen LogP contribution is -2.13. The molecule has 0 spiro atoms. The average molecular weight is 417 g/mol. The summed E-state index contributed by atoms with van der Waals surface area (Å²) in [6.45, 7) is 1.33. The maximum absolute atomic E-state index is 11.8. The Hall–Kier alpha value is -1.44. The Morgan fingerprint density at radius 3 is 2.79 bits per heavy atom. The van der Waals surface area contributed by atoms with Crippen molar-refractivity contribution in [2.24, 2.45) is 5.73 Å². The van der Waals surface area contributed by atoms with E-state index in [2.05, 4.69) is 31.3 Å². The Kier molecular flexibility index (Phi) is 9.59. The molecule has 2 aromatic rings. The molecule has 1 aromatic carbocycles. The molecule has 0 aliphatic carbocycles. The van der Waals surface area contributed by atoms with Gasteiger partial charge >= 0.3 is 0 Å². The number of rotatable bonds is 9. The second-order valence-corrected chi connectivity index (χ2v) is 6.31. The van der Waals surface area contributed by atoms with Crippen LogP contribution in [0.3, 0.4) is 0 Å². The SMILES string of the molecule is Cl.NCCCCCCC(=O)Nc1ncn(Cc2cccc(Br)c2)n1. The van der Waals surface area contributed by atoms with E-state index in [0.29, 0.717) is 25.5 Å². The van der Waals surface area contributed by atoms with Crippen LogP contribution in [0.15, 0.2) is 35.1 Å². The highest BCUT2D eigenvalue weighted by Gasteiger charge is 2.06. The first kappa shape index (κ1) is 20.6. The molecule has 1 heterocycles. The molecule has 1 amide bonds. The molecule has 0 aliphatic heterocycles. The van der Waals surface area contributed by atoms with Gasteiger partial charge in [0.15, 0.2) is 0 Å². The van der Waals surface area contributed by atoms with E-state index in [0.717, 1.165) is 35.7 Å². The smallest absolute Gasteiger partial charge is 0.248 e. The third kappa shape index (κ3) is 7.42. The number of nitrogens with two attached hydrogens (primary N) is 1. The summed E-state index contributed by atoms with van der Waals surface area (Å²) in [7, 11) is 0. The zero-order valence-corrected chi connectivity index (χ0v) is 15.9. The number of nitrogens with one attached hydrogen (secondary N) is 1. The van der Waals surface area contributed by atoms with Crippen LogP contribution in [0, 0.1) is 0 Å². The molecule has 0 bridgehead atoms. The van der Waals surface area contributed by atoms with Crippen LogP contribution < -0.4 is 11.1 Å². The second-order valence-electron chi connectivity index (χ2n) is 5.40. The van der Waals surface area contributed by atoms with E-state index < -0.39 is 0 Å². The number of amides is 1. The van der Waals surface area contributed by atoms with Gasteiger partial charge in [-0.25, -0.2) is 9.67 Å². The number of unbranched alkanes of at least 4 members (excludes halogenated alkanes) is 3. The highest BCUT2D eigenvalue weighted by atomic mass is 79.9. The molecule has 3 N–H and O–H groups in total. The van der Waals surface area contributed by atoms with E-state index >= 15 is 0 Å². The zero-order valence-electron chi connectivity index (χ0n) is 13.4. The van der Waals surface area contributed by atoms with Gasteiger partial charge in [0, 0.05) is 10.9 Å². The van der Waals surface area contributed by atoms with Gasteiger partial charge in [-0.15, -0.1) is 17.5 Å². The Morgan fingerprint density at radius 1 is 1.25 bits per heavy atom. The molecular weight excluding hydrogens is 394 g/mol. The molecule has 0 fully saturated rings. The van der Waals surface area contributed by atoms with Gasteiger partial charge in [-0.05, 0) is 37.1 Å². The van der Waals surface area contributed by atoms with Crippen molar-refractivity contribution in [1.82, 2.24) is 14.8 Å². The van der Waals surface area contributed by atoms with E-state index in [9.17, 15) is 4.79 Å². The molecule has 0 radical (unpaired) electrons. The number of carbonyl (C=O) groups excluding carboxylic acids is 1.